The number of rotatable bonds is 7. The van der Waals surface area contributed by atoms with Gasteiger partial charge in [-0.05, 0) is 30.7 Å². The lowest BCUT2D eigenvalue weighted by molar-refractivity contribution is -0.147. The number of fused-ring (bicyclic) bond motifs is 2. The summed E-state index contributed by atoms with van der Waals surface area (Å²) in [5.41, 5.74) is 2.29. The van der Waals surface area contributed by atoms with E-state index < -0.39 is 36.3 Å². The number of ether oxygens (including phenoxy) is 1. The Bertz CT molecular complexity index is 1150. The number of esters is 1. The van der Waals surface area contributed by atoms with Gasteiger partial charge in [-0.25, -0.2) is 4.79 Å². The highest BCUT2D eigenvalue weighted by Crippen LogP contribution is 2.22. The SMILES string of the molecule is CCOC(=O)[C@H](Cc1c[nH]c2ccccc12)NC(=O)CN1C(=O)c2ccccc2C1=O. The molecule has 0 unspecified atom stereocenters. The topological polar surface area (TPSA) is 109 Å². The number of imide groups is 1. The predicted molar refractivity (Wildman–Crippen MR) is 112 cm³/mol. The average Bonchev–Trinajstić information content (AvgIpc) is 3.28. The first-order valence-electron chi connectivity index (χ1n) is 9.95. The van der Waals surface area contributed by atoms with Crippen molar-refractivity contribution in [2.24, 2.45) is 0 Å². The van der Waals surface area contributed by atoms with Crippen molar-refractivity contribution >= 4 is 34.6 Å². The van der Waals surface area contributed by atoms with Crippen LogP contribution in [0.4, 0.5) is 0 Å². The molecule has 0 spiro atoms. The first kappa shape index (κ1) is 20.3. The van der Waals surface area contributed by atoms with Crippen molar-refractivity contribution in [2.45, 2.75) is 19.4 Å². The van der Waals surface area contributed by atoms with Crippen LogP contribution in [-0.4, -0.2) is 52.8 Å². The Labute approximate surface area is 178 Å². The summed E-state index contributed by atoms with van der Waals surface area (Å²) in [6.07, 6.45) is 1.99. The summed E-state index contributed by atoms with van der Waals surface area (Å²) >= 11 is 0. The molecule has 4 rings (SSSR count). The van der Waals surface area contributed by atoms with Gasteiger partial charge < -0.3 is 15.0 Å². The van der Waals surface area contributed by atoms with Crippen LogP contribution in [0.1, 0.15) is 33.2 Å². The van der Waals surface area contributed by atoms with Crippen LogP contribution in [0.5, 0.6) is 0 Å². The zero-order valence-corrected chi connectivity index (χ0v) is 16.9. The Kier molecular flexibility index (Phi) is 5.53. The molecule has 0 bridgehead atoms. The molecule has 3 aromatic rings. The summed E-state index contributed by atoms with van der Waals surface area (Å²) in [4.78, 5) is 54.2. The summed E-state index contributed by atoms with van der Waals surface area (Å²) in [6.45, 7) is 1.37. The maximum absolute atomic E-state index is 12.7. The number of nitrogens with zero attached hydrogens (tertiary/aromatic N) is 1. The van der Waals surface area contributed by atoms with Gasteiger partial charge in [0.2, 0.25) is 5.91 Å². The van der Waals surface area contributed by atoms with E-state index in [1.54, 1.807) is 37.4 Å². The van der Waals surface area contributed by atoms with E-state index in [1.807, 2.05) is 24.3 Å². The third kappa shape index (κ3) is 3.92. The second-order valence-corrected chi connectivity index (χ2v) is 7.18. The maximum atomic E-state index is 12.7. The number of nitrogens with one attached hydrogen (secondary N) is 2. The maximum Gasteiger partial charge on any atom is 0.328 e. The van der Waals surface area contributed by atoms with Crippen LogP contribution in [0.2, 0.25) is 0 Å². The van der Waals surface area contributed by atoms with E-state index in [9.17, 15) is 19.2 Å². The summed E-state index contributed by atoms with van der Waals surface area (Å²) in [5, 5.41) is 3.56. The van der Waals surface area contributed by atoms with Crippen LogP contribution < -0.4 is 5.32 Å². The van der Waals surface area contributed by atoms with Crippen molar-refractivity contribution in [1.82, 2.24) is 15.2 Å². The molecule has 0 radical (unpaired) electrons. The molecule has 1 aliphatic rings. The highest BCUT2D eigenvalue weighted by molar-refractivity contribution is 6.22. The molecular formula is C23H21N3O5. The minimum atomic E-state index is -0.957. The molecule has 158 valence electrons. The van der Waals surface area contributed by atoms with E-state index in [1.165, 1.54) is 0 Å². The number of amides is 3. The molecule has 8 heteroatoms. The van der Waals surface area contributed by atoms with Crippen LogP contribution in [0.15, 0.2) is 54.7 Å². The Morgan fingerprint density at radius 1 is 1.03 bits per heavy atom. The summed E-state index contributed by atoms with van der Waals surface area (Å²) < 4.78 is 5.12. The normalized spacial score (nSPS) is 13.9. The van der Waals surface area contributed by atoms with Gasteiger partial charge in [-0.2, -0.15) is 0 Å². The first-order valence-corrected chi connectivity index (χ1v) is 9.95. The van der Waals surface area contributed by atoms with Gasteiger partial charge in [0, 0.05) is 23.5 Å². The highest BCUT2D eigenvalue weighted by atomic mass is 16.5. The molecule has 2 aromatic carbocycles. The molecule has 0 aliphatic carbocycles. The van der Waals surface area contributed by atoms with Gasteiger partial charge in [0.25, 0.3) is 11.8 Å². The van der Waals surface area contributed by atoms with Gasteiger partial charge in [0.1, 0.15) is 12.6 Å². The van der Waals surface area contributed by atoms with Crippen LogP contribution in [0.25, 0.3) is 10.9 Å². The first-order chi connectivity index (χ1) is 15.0. The van der Waals surface area contributed by atoms with Crippen LogP contribution >= 0.6 is 0 Å². The number of carbonyl (C=O) groups is 4. The number of aromatic nitrogens is 1. The second-order valence-electron chi connectivity index (χ2n) is 7.18. The lowest BCUT2D eigenvalue weighted by Gasteiger charge is -2.19. The average molecular weight is 419 g/mol. The lowest BCUT2D eigenvalue weighted by atomic mass is 10.0. The van der Waals surface area contributed by atoms with Gasteiger partial charge in [0.05, 0.1) is 17.7 Å². The number of hydrogen-bond donors (Lipinski definition) is 2. The molecule has 1 aliphatic heterocycles. The van der Waals surface area contributed by atoms with Crippen molar-refractivity contribution in [3.05, 3.63) is 71.4 Å². The number of aromatic amines is 1. The van der Waals surface area contributed by atoms with Gasteiger partial charge in [-0.3, -0.25) is 19.3 Å². The van der Waals surface area contributed by atoms with Crippen molar-refractivity contribution < 1.29 is 23.9 Å². The number of para-hydroxylation sites is 1. The standard InChI is InChI=1S/C23H21N3O5/c1-2-31-23(30)19(11-14-12-24-18-10-6-5-7-15(14)18)25-20(27)13-26-21(28)16-8-3-4-9-17(16)22(26)29/h3-10,12,19,24H,2,11,13H2,1H3,(H,25,27)/t19-/m0/s1. The third-order valence-corrected chi connectivity index (χ3v) is 5.19. The quantitative estimate of drug-likeness (QED) is 0.450. The molecule has 31 heavy (non-hydrogen) atoms. The number of carbonyl (C=O) groups excluding carboxylic acids is 4. The molecule has 8 nitrogen and oxygen atoms in total. The van der Waals surface area contributed by atoms with E-state index in [4.69, 9.17) is 4.74 Å². The number of benzene rings is 2. The molecule has 0 fully saturated rings. The van der Waals surface area contributed by atoms with E-state index in [0.29, 0.717) is 0 Å². The van der Waals surface area contributed by atoms with Gasteiger partial charge >= 0.3 is 5.97 Å². The minimum absolute atomic E-state index is 0.164. The largest absolute Gasteiger partial charge is 0.464 e. The minimum Gasteiger partial charge on any atom is -0.464 e. The second kappa shape index (κ2) is 8.43. The predicted octanol–water partition coefficient (Wildman–Crippen LogP) is 2.05. The van der Waals surface area contributed by atoms with Gasteiger partial charge in [-0.1, -0.05) is 30.3 Å². The Morgan fingerprint density at radius 3 is 2.35 bits per heavy atom. The number of hydrogen-bond acceptors (Lipinski definition) is 5. The van der Waals surface area contributed by atoms with Crippen LogP contribution in [-0.2, 0) is 20.7 Å². The van der Waals surface area contributed by atoms with Crippen molar-refractivity contribution in [2.75, 3.05) is 13.2 Å². The summed E-state index contributed by atoms with van der Waals surface area (Å²) in [7, 11) is 0. The fourth-order valence-electron chi connectivity index (χ4n) is 3.72. The van der Waals surface area contributed by atoms with Gasteiger partial charge in [-0.15, -0.1) is 0 Å². The third-order valence-electron chi connectivity index (χ3n) is 5.19. The van der Waals surface area contributed by atoms with Crippen LogP contribution in [0, 0.1) is 0 Å². The fraction of sp³-hybridized carbons (Fsp3) is 0.217. The van der Waals surface area contributed by atoms with E-state index in [-0.39, 0.29) is 24.2 Å². The zero-order valence-electron chi connectivity index (χ0n) is 16.9. The molecule has 1 atom stereocenters. The Morgan fingerprint density at radius 2 is 1.68 bits per heavy atom. The molecule has 3 amide bonds. The van der Waals surface area contributed by atoms with E-state index in [2.05, 4.69) is 10.3 Å². The van der Waals surface area contributed by atoms with Crippen molar-refractivity contribution in [1.29, 1.82) is 0 Å². The zero-order chi connectivity index (χ0) is 22.0. The van der Waals surface area contributed by atoms with Gasteiger partial charge in [0.15, 0.2) is 0 Å². The highest BCUT2D eigenvalue weighted by Gasteiger charge is 2.37. The molecular weight excluding hydrogens is 398 g/mol. The lowest BCUT2D eigenvalue weighted by Crippen LogP contribution is -2.48. The van der Waals surface area contributed by atoms with Crippen molar-refractivity contribution in [3.63, 3.8) is 0 Å². The van der Waals surface area contributed by atoms with Crippen LogP contribution in [0.3, 0.4) is 0 Å². The van der Waals surface area contributed by atoms with E-state index >= 15 is 0 Å². The fourth-order valence-corrected chi connectivity index (χ4v) is 3.72. The summed E-state index contributed by atoms with van der Waals surface area (Å²) in [6, 6.07) is 13.1. The Hall–Kier alpha value is -3.94. The molecule has 0 saturated heterocycles. The Balaban J connectivity index is 1.49. The molecule has 2 heterocycles. The molecule has 1 aromatic heterocycles. The smallest absolute Gasteiger partial charge is 0.328 e. The van der Waals surface area contributed by atoms with Crippen molar-refractivity contribution in [3.8, 4) is 0 Å². The molecule has 2 N–H and O–H groups in total. The summed E-state index contributed by atoms with van der Waals surface area (Å²) in [5.74, 6) is -2.25. The van der Waals surface area contributed by atoms with E-state index in [0.717, 1.165) is 21.4 Å². The number of H-pyrrole nitrogens is 1. The monoisotopic (exact) mass is 419 g/mol. The molecule has 0 saturated carbocycles.